The highest BCUT2D eigenvalue weighted by Crippen LogP contribution is 2.19. The van der Waals surface area contributed by atoms with Gasteiger partial charge in [0.1, 0.15) is 5.84 Å². The Morgan fingerprint density at radius 1 is 1.53 bits per heavy atom. The molecule has 0 aromatic carbocycles. The smallest absolute Gasteiger partial charge is 0.213 e. The van der Waals surface area contributed by atoms with Crippen molar-refractivity contribution < 1.29 is 13.6 Å². The average molecular weight is 235 g/mol. The Labute approximate surface area is 89.8 Å². The van der Waals surface area contributed by atoms with Gasteiger partial charge in [0.25, 0.3) is 0 Å². The van der Waals surface area contributed by atoms with Gasteiger partial charge in [0, 0.05) is 19.0 Å². The fraction of sp³-hybridized carbons (Fsp3) is 0.875. The van der Waals surface area contributed by atoms with Crippen LogP contribution in [0.1, 0.15) is 19.8 Å². The Hall–Kier alpha value is -0.820. The molecule has 0 bridgehead atoms. The van der Waals surface area contributed by atoms with Gasteiger partial charge in [0.15, 0.2) is 0 Å². The topological polar surface area (TPSA) is 96.0 Å². The van der Waals surface area contributed by atoms with Crippen LogP contribution in [0.15, 0.2) is 5.16 Å². The maximum atomic E-state index is 11.5. The standard InChI is InChI=1S/C8H17N3O3S/c1-2-15(13,14)11-5-3-7(4-6-11)8(9)10-12/h7,12H,2-6H2,1H3,(H2,9,10). The normalized spacial score (nSPS) is 21.8. The second kappa shape index (κ2) is 4.80. The average Bonchev–Trinajstić information content (AvgIpc) is 2.28. The van der Waals surface area contributed by atoms with Crippen LogP contribution in [-0.4, -0.2) is 42.6 Å². The lowest BCUT2D eigenvalue weighted by molar-refractivity contribution is 0.291. The van der Waals surface area contributed by atoms with Crippen molar-refractivity contribution in [3.63, 3.8) is 0 Å². The fourth-order valence-electron chi connectivity index (χ4n) is 1.69. The summed E-state index contributed by atoms with van der Waals surface area (Å²) >= 11 is 0. The van der Waals surface area contributed by atoms with Crippen LogP contribution in [-0.2, 0) is 10.0 Å². The number of hydrogen-bond acceptors (Lipinski definition) is 4. The number of piperidine rings is 1. The molecule has 0 aliphatic carbocycles. The highest BCUT2D eigenvalue weighted by molar-refractivity contribution is 7.89. The van der Waals surface area contributed by atoms with Crippen LogP contribution < -0.4 is 5.73 Å². The molecule has 0 aromatic heterocycles. The van der Waals surface area contributed by atoms with E-state index in [4.69, 9.17) is 10.9 Å². The monoisotopic (exact) mass is 235 g/mol. The summed E-state index contributed by atoms with van der Waals surface area (Å²) in [5.41, 5.74) is 5.47. The molecule has 0 amide bonds. The maximum Gasteiger partial charge on any atom is 0.213 e. The van der Waals surface area contributed by atoms with Crippen molar-refractivity contribution in [2.75, 3.05) is 18.8 Å². The van der Waals surface area contributed by atoms with E-state index in [1.807, 2.05) is 0 Å². The largest absolute Gasteiger partial charge is 0.409 e. The zero-order valence-electron chi connectivity index (χ0n) is 8.76. The molecule has 1 heterocycles. The van der Waals surface area contributed by atoms with E-state index in [1.54, 1.807) is 6.92 Å². The lowest BCUT2D eigenvalue weighted by atomic mass is 9.97. The third-order valence-electron chi connectivity index (χ3n) is 2.75. The predicted octanol–water partition coefficient (Wildman–Crippen LogP) is -0.205. The van der Waals surface area contributed by atoms with Gasteiger partial charge in [-0.1, -0.05) is 5.16 Å². The van der Waals surface area contributed by atoms with Crippen LogP contribution in [0.3, 0.4) is 0 Å². The number of nitrogens with two attached hydrogens (primary N) is 1. The van der Waals surface area contributed by atoms with Crippen molar-refractivity contribution in [2.45, 2.75) is 19.8 Å². The number of rotatable bonds is 3. The lowest BCUT2D eigenvalue weighted by Crippen LogP contribution is -2.42. The van der Waals surface area contributed by atoms with Crippen LogP contribution in [0.2, 0.25) is 0 Å². The molecular formula is C8H17N3O3S. The quantitative estimate of drug-likeness (QED) is 0.306. The van der Waals surface area contributed by atoms with Gasteiger partial charge in [-0.05, 0) is 19.8 Å². The van der Waals surface area contributed by atoms with E-state index in [0.717, 1.165) is 0 Å². The molecule has 0 spiro atoms. The molecule has 1 rings (SSSR count). The number of amidine groups is 1. The summed E-state index contributed by atoms with van der Waals surface area (Å²) in [7, 11) is -3.09. The van der Waals surface area contributed by atoms with Gasteiger partial charge in [0.05, 0.1) is 5.75 Å². The fourth-order valence-corrected chi connectivity index (χ4v) is 2.83. The molecule has 15 heavy (non-hydrogen) atoms. The van der Waals surface area contributed by atoms with Crippen molar-refractivity contribution in [1.82, 2.24) is 4.31 Å². The van der Waals surface area contributed by atoms with Crippen LogP contribution in [0.5, 0.6) is 0 Å². The summed E-state index contributed by atoms with van der Waals surface area (Å²) < 4.78 is 24.5. The van der Waals surface area contributed by atoms with Crippen molar-refractivity contribution in [1.29, 1.82) is 0 Å². The molecule has 0 unspecified atom stereocenters. The van der Waals surface area contributed by atoms with E-state index in [0.29, 0.717) is 25.9 Å². The second-order valence-corrected chi connectivity index (χ2v) is 5.86. The van der Waals surface area contributed by atoms with Crippen LogP contribution in [0, 0.1) is 5.92 Å². The van der Waals surface area contributed by atoms with E-state index in [1.165, 1.54) is 4.31 Å². The third kappa shape index (κ3) is 2.82. The first kappa shape index (κ1) is 12.3. The Balaban J connectivity index is 2.57. The molecular weight excluding hydrogens is 218 g/mol. The van der Waals surface area contributed by atoms with Crippen LogP contribution in [0.25, 0.3) is 0 Å². The van der Waals surface area contributed by atoms with Crippen LogP contribution >= 0.6 is 0 Å². The molecule has 1 aliphatic rings. The summed E-state index contributed by atoms with van der Waals surface area (Å²) in [5.74, 6) is 0.322. The van der Waals surface area contributed by atoms with Crippen molar-refractivity contribution in [2.24, 2.45) is 16.8 Å². The Morgan fingerprint density at radius 3 is 2.47 bits per heavy atom. The van der Waals surface area contributed by atoms with E-state index in [9.17, 15) is 8.42 Å². The van der Waals surface area contributed by atoms with Gasteiger partial charge in [-0.15, -0.1) is 0 Å². The zero-order valence-corrected chi connectivity index (χ0v) is 9.57. The lowest BCUT2D eigenvalue weighted by Gasteiger charge is -2.30. The van der Waals surface area contributed by atoms with Gasteiger partial charge in [0.2, 0.25) is 10.0 Å². The minimum atomic E-state index is -3.09. The van der Waals surface area contributed by atoms with E-state index in [2.05, 4.69) is 5.16 Å². The first-order valence-corrected chi connectivity index (χ1v) is 6.57. The molecule has 0 aromatic rings. The Kier molecular flexibility index (Phi) is 3.92. The van der Waals surface area contributed by atoms with Gasteiger partial charge in [-0.25, -0.2) is 12.7 Å². The Morgan fingerprint density at radius 2 is 2.07 bits per heavy atom. The first-order valence-electron chi connectivity index (χ1n) is 4.96. The predicted molar refractivity (Wildman–Crippen MR) is 57.2 cm³/mol. The minimum Gasteiger partial charge on any atom is -0.409 e. The molecule has 0 atom stereocenters. The molecule has 1 fully saturated rings. The molecule has 3 N–H and O–H groups in total. The maximum absolute atomic E-state index is 11.5. The molecule has 0 saturated carbocycles. The van der Waals surface area contributed by atoms with E-state index in [-0.39, 0.29) is 17.5 Å². The van der Waals surface area contributed by atoms with Gasteiger partial charge < -0.3 is 10.9 Å². The van der Waals surface area contributed by atoms with Crippen molar-refractivity contribution in [3.05, 3.63) is 0 Å². The minimum absolute atomic E-state index is 0.00157. The zero-order chi connectivity index (χ0) is 11.5. The van der Waals surface area contributed by atoms with Crippen molar-refractivity contribution >= 4 is 15.9 Å². The Bertz CT molecular complexity index is 331. The molecule has 0 radical (unpaired) electrons. The number of sulfonamides is 1. The molecule has 88 valence electrons. The summed E-state index contributed by atoms with van der Waals surface area (Å²) in [4.78, 5) is 0. The highest BCUT2D eigenvalue weighted by atomic mass is 32.2. The number of nitrogens with zero attached hydrogens (tertiary/aromatic N) is 2. The molecule has 7 heteroatoms. The summed E-state index contributed by atoms with van der Waals surface area (Å²) in [6.45, 7) is 2.54. The van der Waals surface area contributed by atoms with E-state index < -0.39 is 10.0 Å². The second-order valence-electron chi connectivity index (χ2n) is 3.60. The number of hydrogen-bond donors (Lipinski definition) is 2. The third-order valence-corrected chi connectivity index (χ3v) is 4.63. The van der Waals surface area contributed by atoms with E-state index >= 15 is 0 Å². The number of oxime groups is 1. The van der Waals surface area contributed by atoms with Gasteiger partial charge in [-0.2, -0.15) is 0 Å². The van der Waals surface area contributed by atoms with Gasteiger partial charge >= 0.3 is 0 Å². The van der Waals surface area contributed by atoms with Crippen molar-refractivity contribution in [3.8, 4) is 0 Å². The molecule has 6 nitrogen and oxygen atoms in total. The SMILES string of the molecule is CCS(=O)(=O)N1CCC(C(N)=NO)CC1. The highest BCUT2D eigenvalue weighted by Gasteiger charge is 2.28. The van der Waals surface area contributed by atoms with Crippen LogP contribution in [0.4, 0.5) is 0 Å². The summed E-state index contributed by atoms with van der Waals surface area (Å²) in [5, 5.41) is 11.4. The molecule has 1 saturated heterocycles. The summed E-state index contributed by atoms with van der Waals surface area (Å²) in [6.07, 6.45) is 1.24. The van der Waals surface area contributed by atoms with Gasteiger partial charge in [-0.3, -0.25) is 0 Å². The first-order chi connectivity index (χ1) is 7.01. The summed E-state index contributed by atoms with van der Waals surface area (Å²) in [6, 6.07) is 0. The molecule has 1 aliphatic heterocycles.